The van der Waals surface area contributed by atoms with Crippen molar-refractivity contribution in [3.05, 3.63) is 65.2 Å². The average Bonchev–Trinajstić information content (AvgIpc) is 3.38. The maximum absolute atomic E-state index is 6.14. The predicted octanol–water partition coefficient (Wildman–Crippen LogP) is 4.31. The molecular weight excluding hydrogens is 270 g/mol. The topological polar surface area (TPSA) is 12.5 Å². The van der Waals surface area contributed by atoms with Gasteiger partial charge in [0.2, 0.25) is 0 Å². The highest BCUT2D eigenvalue weighted by Gasteiger charge is 2.26. The molecule has 114 valence electrons. The summed E-state index contributed by atoms with van der Waals surface area (Å²) in [7, 11) is 2.18. The first kappa shape index (κ1) is 13.8. The Labute approximate surface area is 132 Å². The van der Waals surface area contributed by atoms with E-state index >= 15 is 0 Å². The maximum Gasteiger partial charge on any atom is 0.0866 e. The Kier molecular flexibility index (Phi) is 3.63. The van der Waals surface area contributed by atoms with E-state index in [0.29, 0.717) is 0 Å². The molecule has 2 aliphatic rings. The summed E-state index contributed by atoms with van der Waals surface area (Å²) in [6.45, 7) is 1.73. The first-order valence-electron chi connectivity index (χ1n) is 8.32. The minimum absolute atomic E-state index is 0.167. The molecular formula is C20H23NO. The SMILES string of the molecule is CN1CCOC(c2ccccc2)Cc2ccc(C3CC3)cc21. The van der Waals surface area contributed by atoms with Gasteiger partial charge in [0.05, 0.1) is 12.7 Å². The first-order valence-corrected chi connectivity index (χ1v) is 8.32. The van der Waals surface area contributed by atoms with E-state index in [2.05, 4.69) is 60.5 Å². The molecule has 0 amide bonds. The molecule has 4 rings (SSSR count). The number of rotatable bonds is 2. The third-order valence-corrected chi connectivity index (χ3v) is 4.89. The van der Waals surface area contributed by atoms with Crippen molar-refractivity contribution < 1.29 is 4.74 Å². The van der Waals surface area contributed by atoms with Crippen LogP contribution in [-0.4, -0.2) is 20.2 Å². The lowest BCUT2D eigenvalue weighted by Crippen LogP contribution is -2.28. The number of hydrogen-bond acceptors (Lipinski definition) is 2. The Morgan fingerprint density at radius 2 is 1.82 bits per heavy atom. The molecule has 2 aromatic rings. The van der Waals surface area contributed by atoms with Crippen LogP contribution in [0.25, 0.3) is 0 Å². The highest BCUT2D eigenvalue weighted by Crippen LogP contribution is 2.42. The first-order chi connectivity index (χ1) is 10.8. The molecule has 0 spiro atoms. The smallest absolute Gasteiger partial charge is 0.0866 e. The molecule has 2 nitrogen and oxygen atoms in total. The van der Waals surface area contributed by atoms with Crippen molar-refractivity contribution in [1.29, 1.82) is 0 Å². The highest BCUT2D eigenvalue weighted by atomic mass is 16.5. The zero-order valence-electron chi connectivity index (χ0n) is 13.2. The molecule has 22 heavy (non-hydrogen) atoms. The summed E-state index contributed by atoms with van der Waals surface area (Å²) in [5.41, 5.74) is 5.60. The largest absolute Gasteiger partial charge is 0.372 e. The summed E-state index contributed by atoms with van der Waals surface area (Å²) in [6, 6.07) is 17.7. The molecule has 1 atom stereocenters. The lowest BCUT2D eigenvalue weighted by Gasteiger charge is -2.30. The van der Waals surface area contributed by atoms with Crippen LogP contribution in [0.1, 0.15) is 41.6 Å². The number of nitrogens with zero attached hydrogens (tertiary/aromatic N) is 1. The normalized spacial score (nSPS) is 21.9. The van der Waals surface area contributed by atoms with E-state index in [1.165, 1.54) is 35.2 Å². The van der Waals surface area contributed by atoms with E-state index in [-0.39, 0.29) is 6.10 Å². The summed E-state index contributed by atoms with van der Waals surface area (Å²) in [6.07, 6.45) is 3.84. The standard InChI is InChI=1S/C20H23NO/c1-21-11-12-22-20(16-5-3-2-4-6-16)14-18-10-9-17(13-19(18)21)15-7-8-15/h2-6,9-10,13,15,20H,7-8,11-12,14H2,1H3. The third-order valence-electron chi connectivity index (χ3n) is 4.89. The summed E-state index contributed by atoms with van der Waals surface area (Å²) in [4.78, 5) is 2.35. The number of anilines is 1. The lowest BCUT2D eigenvalue weighted by molar-refractivity contribution is 0.0560. The summed E-state index contributed by atoms with van der Waals surface area (Å²) in [5, 5.41) is 0. The van der Waals surface area contributed by atoms with Gasteiger partial charge in [-0.05, 0) is 41.5 Å². The van der Waals surface area contributed by atoms with Crippen LogP contribution in [0.15, 0.2) is 48.5 Å². The molecule has 1 aliphatic heterocycles. The van der Waals surface area contributed by atoms with Crippen molar-refractivity contribution >= 4 is 5.69 Å². The minimum Gasteiger partial charge on any atom is -0.372 e. The molecule has 0 saturated heterocycles. The van der Waals surface area contributed by atoms with Crippen LogP contribution in [-0.2, 0) is 11.2 Å². The third kappa shape index (κ3) is 2.76. The van der Waals surface area contributed by atoms with E-state index in [1.54, 1.807) is 0 Å². The fourth-order valence-corrected chi connectivity index (χ4v) is 3.37. The zero-order valence-corrected chi connectivity index (χ0v) is 13.2. The van der Waals surface area contributed by atoms with Crippen LogP contribution in [0.3, 0.4) is 0 Å². The Bertz CT molecular complexity index is 648. The molecule has 1 heterocycles. The van der Waals surface area contributed by atoms with Gasteiger partial charge in [0.1, 0.15) is 0 Å². The van der Waals surface area contributed by atoms with E-state index < -0.39 is 0 Å². The van der Waals surface area contributed by atoms with Crippen LogP contribution in [0, 0.1) is 0 Å². The fourth-order valence-electron chi connectivity index (χ4n) is 3.37. The number of benzene rings is 2. The fraction of sp³-hybridized carbons (Fsp3) is 0.400. The second kappa shape index (κ2) is 5.77. The zero-order chi connectivity index (χ0) is 14.9. The van der Waals surface area contributed by atoms with Crippen LogP contribution >= 0.6 is 0 Å². The number of hydrogen-bond donors (Lipinski definition) is 0. The van der Waals surface area contributed by atoms with Gasteiger partial charge in [-0.15, -0.1) is 0 Å². The monoisotopic (exact) mass is 293 g/mol. The van der Waals surface area contributed by atoms with Crippen molar-refractivity contribution in [1.82, 2.24) is 0 Å². The number of fused-ring (bicyclic) bond motifs is 1. The van der Waals surface area contributed by atoms with Gasteiger partial charge in [-0.2, -0.15) is 0 Å². The van der Waals surface area contributed by atoms with Crippen molar-refractivity contribution in [2.75, 3.05) is 25.1 Å². The van der Waals surface area contributed by atoms with Gasteiger partial charge in [-0.3, -0.25) is 0 Å². The quantitative estimate of drug-likeness (QED) is 0.818. The van der Waals surface area contributed by atoms with Crippen molar-refractivity contribution in [3.63, 3.8) is 0 Å². The van der Waals surface area contributed by atoms with Crippen molar-refractivity contribution in [2.45, 2.75) is 31.3 Å². The van der Waals surface area contributed by atoms with Gasteiger partial charge in [0.25, 0.3) is 0 Å². The summed E-state index contributed by atoms with van der Waals surface area (Å²) in [5.74, 6) is 0.810. The Morgan fingerprint density at radius 3 is 2.59 bits per heavy atom. The minimum atomic E-state index is 0.167. The molecule has 0 radical (unpaired) electrons. The van der Waals surface area contributed by atoms with Gasteiger partial charge in [0.15, 0.2) is 0 Å². The maximum atomic E-state index is 6.14. The molecule has 1 fully saturated rings. The summed E-state index contributed by atoms with van der Waals surface area (Å²) >= 11 is 0. The van der Waals surface area contributed by atoms with Crippen molar-refractivity contribution in [3.8, 4) is 0 Å². The number of likely N-dealkylation sites (N-methyl/N-ethyl adjacent to an activating group) is 1. The second-order valence-corrected chi connectivity index (χ2v) is 6.56. The van der Waals surface area contributed by atoms with E-state index in [9.17, 15) is 0 Å². The number of ether oxygens (including phenoxy) is 1. The highest BCUT2D eigenvalue weighted by molar-refractivity contribution is 5.57. The van der Waals surface area contributed by atoms with Crippen LogP contribution in [0.2, 0.25) is 0 Å². The molecule has 2 aromatic carbocycles. The molecule has 0 N–H and O–H groups in total. The molecule has 1 aliphatic carbocycles. The Balaban J connectivity index is 1.67. The lowest BCUT2D eigenvalue weighted by atomic mass is 9.96. The van der Waals surface area contributed by atoms with Gasteiger partial charge < -0.3 is 9.64 Å². The predicted molar refractivity (Wildman–Crippen MR) is 90.5 cm³/mol. The Hall–Kier alpha value is -1.80. The van der Waals surface area contributed by atoms with Gasteiger partial charge in [-0.25, -0.2) is 0 Å². The van der Waals surface area contributed by atoms with E-state index in [4.69, 9.17) is 4.74 Å². The van der Waals surface area contributed by atoms with Gasteiger partial charge in [0, 0.05) is 25.7 Å². The van der Waals surface area contributed by atoms with E-state index in [0.717, 1.165) is 25.5 Å². The molecule has 1 unspecified atom stereocenters. The van der Waals surface area contributed by atoms with E-state index in [1.807, 2.05) is 0 Å². The molecule has 0 bridgehead atoms. The van der Waals surface area contributed by atoms with Gasteiger partial charge in [-0.1, -0.05) is 42.5 Å². The van der Waals surface area contributed by atoms with Crippen LogP contribution < -0.4 is 4.90 Å². The molecule has 0 aromatic heterocycles. The Morgan fingerprint density at radius 1 is 1.00 bits per heavy atom. The van der Waals surface area contributed by atoms with Crippen LogP contribution in [0.4, 0.5) is 5.69 Å². The molecule has 1 saturated carbocycles. The summed E-state index contributed by atoms with van der Waals surface area (Å²) < 4.78 is 6.14. The average molecular weight is 293 g/mol. The van der Waals surface area contributed by atoms with Crippen LogP contribution in [0.5, 0.6) is 0 Å². The molecule has 2 heteroatoms. The van der Waals surface area contributed by atoms with Crippen molar-refractivity contribution in [2.24, 2.45) is 0 Å². The van der Waals surface area contributed by atoms with Gasteiger partial charge >= 0.3 is 0 Å². The second-order valence-electron chi connectivity index (χ2n) is 6.56.